The first-order valence-corrected chi connectivity index (χ1v) is 3.65. The molecule has 0 aliphatic heterocycles. The minimum atomic E-state index is 0.467. The van der Waals surface area contributed by atoms with Crippen LogP contribution >= 0.6 is 0 Å². The molecule has 0 amide bonds. The van der Waals surface area contributed by atoms with Crippen LogP contribution in [-0.2, 0) is 14.2 Å². The summed E-state index contributed by atoms with van der Waals surface area (Å²) in [5, 5.41) is 0. The van der Waals surface area contributed by atoms with Gasteiger partial charge in [-0.25, -0.2) is 0 Å². The molecule has 0 unspecified atom stereocenters. The van der Waals surface area contributed by atoms with Gasteiger partial charge >= 0.3 is 5.95 Å². The molecule has 0 aromatic heterocycles. The average Bonchev–Trinajstić information content (AvgIpc) is 2.05. The molecule has 0 aromatic carbocycles. The van der Waals surface area contributed by atoms with Crippen LogP contribution in [0.1, 0.15) is 19.8 Å². The van der Waals surface area contributed by atoms with E-state index in [2.05, 4.69) is 6.92 Å². The van der Waals surface area contributed by atoms with Gasteiger partial charge in [-0.3, -0.25) is 0 Å². The van der Waals surface area contributed by atoms with E-state index in [1.165, 1.54) is 0 Å². The van der Waals surface area contributed by atoms with Gasteiger partial charge in [-0.2, -0.15) is 0 Å². The highest BCUT2D eigenvalue weighted by Gasteiger charge is 2.05. The van der Waals surface area contributed by atoms with Crippen LogP contribution in [0.15, 0.2) is 11.7 Å². The average molecular weight is 160 g/mol. The molecule has 0 radical (unpaired) electrons. The van der Waals surface area contributed by atoms with Gasteiger partial charge < -0.3 is 14.2 Å². The number of rotatable bonds is 5. The van der Waals surface area contributed by atoms with Crippen molar-refractivity contribution in [2.24, 2.45) is 0 Å². The third kappa shape index (κ3) is 3.16. The van der Waals surface area contributed by atoms with Crippen molar-refractivity contribution < 1.29 is 14.2 Å². The number of hydrogen-bond acceptors (Lipinski definition) is 3. The van der Waals surface area contributed by atoms with Crippen molar-refractivity contribution in [3.63, 3.8) is 0 Å². The maximum Gasteiger partial charge on any atom is 0.318 e. The molecule has 0 fully saturated rings. The largest absolute Gasteiger partial charge is 0.494 e. The molecular weight excluding hydrogens is 144 g/mol. The fourth-order valence-corrected chi connectivity index (χ4v) is 0.826. The molecule has 11 heavy (non-hydrogen) atoms. The highest BCUT2D eigenvalue weighted by atomic mass is 16.7. The summed E-state index contributed by atoms with van der Waals surface area (Å²) in [7, 11) is 4.74. The van der Waals surface area contributed by atoms with Crippen LogP contribution in [0, 0.1) is 0 Å². The molecule has 3 nitrogen and oxygen atoms in total. The molecule has 0 rings (SSSR count). The number of hydrogen-bond donors (Lipinski definition) is 0. The van der Waals surface area contributed by atoms with Crippen LogP contribution in [0.4, 0.5) is 0 Å². The maximum absolute atomic E-state index is 5.06. The first kappa shape index (κ1) is 10.1. The number of methoxy groups -OCH3 is 3. The predicted octanol–water partition coefficient (Wildman–Crippen LogP) is 1.89. The summed E-state index contributed by atoms with van der Waals surface area (Å²) < 4.78 is 14.9. The van der Waals surface area contributed by atoms with Crippen molar-refractivity contribution in [1.29, 1.82) is 0 Å². The molecule has 0 atom stereocenters. The first-order valence-electron chi connectivity index (χ1n) is 3.65. The number of ether oxygens (including phenoxy) is 3. The standard InChI is InChI=1S/C8H16O3/c1-5-6-7(9-2)8(10-3)11-4/h5-6H2,1-4H3. The monoisotopic (exact) mass is 160 g/mol. The smallest absolute Gasteiger partial charge is 0.318 e. The summed E-state index contributed by atoms with van der Waals surface area (Å²) in [5.41, 5.74) is 0. The molecule has 0 aliphatic carbocycles. The van der Waals surface area contributed by atoms with Crippen LogP contribution in [0.25, 0.3) is 0 Å². The number of allylic oxidation sites excluding steroid dienone is 1. The van der Waals surface area contributed by atoms with Crippen LogP contribution < -0.4 is 0 Å². The molecule has 0 bridgehead atoms. The lowest BCUT2D eigenvalue weighted by Gasteiger charge is -2.09. The quantitative estimate of drug-likeness (QED) is 0.575. The van der Waals surface area contributed by atoms with Gasteiger partial charge in [0.1, 0.15) is 0 Å². The van der Waals surface area contributed by atoms with E-state index in [1.807, 2.05) is 0 Å². The highest BCUT2D eigenvalue weighted by molar-refractivity contribution is 4.93. The summed E-state index contributed by atoms with van der Waals surface area (Å²) in [4.78, 5) is 0. The van der Waals surface area contributed by atoms with E-state index in [0.29, 0.717) is 5.95 Å². The third-order valence-corrected chi connectivity index (χ3v) is 1.32. The van der Waals surface area contributed by atoms with E-state index >= 15 is 0 Å². The predicted molar refractivity (Wildman–Crippen MR) is 43.0 cm³/mol. The fourth-order valence-electron chi connectivity index (χ4n) is 0.826. The van der Waals surface area contributed by atoms with Gasteiger partial charge in [0, 0.05) is 6.42 Å². The molecule has 0 saturated heterocycles. The van der Waals surface area contributed by atoms with Crippen LogP contribution in [0.3, 0.4) is 0 Å². The normalized spacial score (nSPS) is 8.73. The molecule has 0 N–H and O–H groups in total. The Hall–Kier alpha value is -0.860. The van der Waals surface area contributed by atoms with E-state index in [4.69, 9.17) is 14.2 Å². The van der Waals surface area contributed by atoms with E-state index < -0.39 is 0 Å². The van der Waals surface area contributed by atoms with Gasteiger partial charge in [-0.05, 0) is 6.42 Å². The van der Waals surface area contributed by atoms with Gasteiger partial charge in [0.15, 0.2) is 5.76 Å². The van der Waals surface area contributed by atoms with Crippen molar-refractivity contribution in [3.8, 4) is 0 Å². The van der Waals surface area contributed by atoms with Crippen molar-refractivity contribution >= 4 is 0 Å². The summed E-state index contributed by atoms with van der Waals surface area (Å²) in [6, 6.07) is 0. The van der Waals surface area contributed by atoms with Gasteiger partial charge in [0.2, 0.25) is 0 Å². The molecule has 0 saturated carbocycles. The van der Waals surface area contributed by atoms with Crippen molar-refractivity contribution in [2.45, 2.75) is 19.8 Å². The lowest BCUT2D eigenvalue weighted by molar-refractivity contribution is 0.0660. The second-order valence-corrected chi connectivity index (χ2v) is 2.07. The topological polar surface area (TPSA) is 27.7 Å². The molecule has 0 spiro atoms. The minimum Gasteiger partial charge on any atom is -0.494 e. The van der Waals surface area contributed by atoms with Crippen molar-refractivity contribution in [1.82, 2.24) is 0 Å². The Labute approximate surface area is 67.9 Å². The van der Waals surface area contributed by atoms with E-state index in [0.717, 1.165) is 18.6 Å². The Morgan fingerprint density at radius 3 is 1.82 bits per heavy atom. The minimum absolute atomic E-state index is 0.467. The summed E-state index contributed by atoms with van der Waals surface area (Å²) in [6.07, 6.45) is 1.85. The molecule has 66 valence electrons. The van der Waals surface area contributed by atoms with E-state index in [-0.39, 0.29) is 0 Å². The van der Waals surface area contributed by atoms with Gasteiger partial charge in [0.05, 0.1) is 21.3 Å². The maximum atomic E-state index is 5.06. The van der Waals surface area contributed by atoms with Crippen molar-refractivity contribution in [3.05, 3.63) is 11.7 Å². The van der Waals surface area contributed by atoms with Gasteiger partial charge in [-0.1, -0.05) is 6.92 Å². The zero-order valence-corrected chi connectivity index (χ0v) is 7.64. The van der Waals surface area contributed by atoms with Gasteiger partial charge in [-0.15, -0.1) is 0 Å². The summed E-state index contributed by atoms with van der Waals surface area (Å²) in [5.74, 6) is 1.23. The molecule has 3 heteroatoms. The van der Waals surface area contributed by atoms with Gasteiger partial charge in [0.25, 0.3) is 0 Å². The lowest BCUT2D eigenvalue weighted by Crippen LogP contribution is -1.98. The van der Waals surface area contributed by atoms with E-state index in [9.17, 15) is 0 Å². The summed E-state index contributed by atoms with van der Waals surface area (Å²) >= 11 is 0. The van der Waals surface area contributed by atoms with Crippen LogP contribution in [0.5, 0.6) is 0 Å². The second-order valence-electron chi connectivity index (χ2n) is 2.07. The molecular formula is C8H16O3. The Morgan fingerprint density at radius 1 is 1.00 bits per heavy atom. The zero-order valence-electron chi connectivity index (χ0n) is 7.64. The Bertz CT molecular complexity index is 123. The molecule has 0 aliphatic rings. The second kappa shape index (κ2) is 5.89. The van der Waals surface area contributed by atoms with E-state index in [1.54, 1.807) is 21.3 Å². The SMILES string of the molecule is CCCC(OC)=C(OC)OC. The lowest BCUT2D eigenvalue weighted by atomic mass is 10.3. The Balaban J connectivity index is 4.21. The molecule has 0 heterocycles. The highest BCUT2D eigenvalue weighted by Crippen LogP contribution is 2.12. The fraction of sp³-hybridized carbons (Fsp3) is 0.750. The Morgan fingerprint density at radius 2 is 1.55 bits per heavy atom. The van der Waals surface area contributed by atoms with Crippen LogP contribution in [-0.4, -0.2) is 21.3 Å². The van der Waals surface area contributed by atoms with Crippen LogP contribution in [0.2, 0.25) is 0 Å². The van der Waals surface area contributed by atoms with Crippen molar-refractivity contribution in [2.75, 3.05) is 21.3 Å². The third-order valence-electron chi connectivity index (χ3n) is 1.32. The Kier molecular flexibility index (Phi) is 5.43. The summed E-state index contributed by atoms with van der Waals surface area (Å²) in [6.45, 7) is 2.07. The molecule has 0 aromatic rings. The first-order chi connectivity index (χ1) is 5.29. The zero-order chi connectivity index (χ0) is 8.69.